The molecule has 1 nitrogen and oxygen atoms in total. The van der Waals surface area contributed by atoms with Gasteiger partial charge in [0.05, 0.1) is 16.4 Å². The van der Waals surface area contributed by atoms with Crippen molar-refractivity contribution in [2.75, 3.05) is 0 Å². The lowest BCUT2D eigenvalue weighted by atomic mass is 9.67. The molecule has 0 amide bonds. The molecule has 0 saturated carbocycles. The van der Waals surface area contributed by atoms with Crippen molar-refractivity contribution in [3.63, 3.8) is 0 Å². The van der Waals surface area contributed by atoms with Gasteiger partial charge in [-0.05, 0) is 136 Å². The van der Waals surface area contributed by atoms with E-state index in [-0.39, 0.29) is 0 Å². The average molecular weight is 876 g/mol. The first-order valence-electron chi connectivity index (χ1n) is 24.1. The lowest BCUT2D eigenvalue weighted by Crippen LogP contribution is -2.28. The van der Waals surface area contributed by atoms with E-state index < -0.39 is 5.41 Å². The first-order chi connectivity index (χ1) is 34.3. The molecule has 0 bridgehead atoms. The number of para-hydroxylation sites is 1. The normalized spacial score (nSPS) is 14.1. The highest BCUT2D eigenvalue weighted by Crippen LogP contribution is 2.59. The van der Waals surface area contributed by atoms with Crippen LogP contribution in [0.1, 0.15) is 34.2 Å². The summed E-state index contributed by atoms with van der Waals surface area (Å²) in [5.74, 6) is 0. The molecule has 322 valence electrons. The molecule has 1 heteroatoms. The van der Waals surface area contributed by atoms with E-state index in [1.165, 1.54) is 121 Å². The predicted molar refractivity (Wildman–Crippen MR) is 292 cm³/mol. The molecule has 11 aromatic carbocycles. The van der Waals surface area contributed by atoms with Crippen LogP contribution in [0.2, 0.25) is 0 Å². The van der Waals surface area contributed by atoms with Crippen LogP contribution in [0.3, 0.4) is 0 Å². The van der Waals surface area contributed by atoms with Crippen molar-refractivity contribution in [1.82, 2.24) is 4.57 Å². The minimum atomic E-state index is -0.579. The van der Waals surface area contributed by atoms with Crippen molar-refractivity contribution >= 4 is 65.3 Å². The van der Waals surface area contributed by atoms with Gasteiger partial charge in [-0.2, -0.15) is 0 Å². The SMILES string of the molecule is C1=C2C(=CCC(c3c4ccccc4c(-c4ccccc4)c4ccccc34)=C1)C(c1ccccc1)(c1ccccc1)c1cc(-n3c4ccccc4c4cc(-c5cccc6ccccc56)ccc43)ccc12. The molecule has 2 aliphatic rings. The first-order valence-corrected chi connectivity index (χ1v) is 24.1. The monoisotopic (exact) mass is 875 g/mol. The van der Waals surface area contributed by atoms with Crippen LogP contribution < -0.4 is 0 Å². The summed E-state index contributed by atoms with van der Waals surface area (Å²) in [5, 5.41) is 10.1. The topological polar surface area (TPSA) is 4.93 Å². The van der Waals surface area contributed by atoms with Crippen LogP contribution in [0.25, 0.3) is 93.2 Å². The summed E-state index contributed by atoms with van der Waals surface area (Å²) in [6.07, 6.45) is 8.21. The van der Waals surface area contributed by atoms with Gasteiger partial charge in [0.25, 0.3) is 0 Å². The first kappa shape index (κ1) is 39.4. The summed E-state index contributed by atoms with van der Waals surface area (Å²) < 4.78 is 2.49. The fourth-order valence-electron chi connectivity index (χ4n) is 12.3. The van der Waals surface area contributed by atoms with Gasteiger partial charge in [0.1, 0.15) is 0 Å². The quantitative estimate of drug-likeness (QED) is 0.147. The molecular formula is C68H45N. The summed E-state index contributed by atoms with van der Waals surface area (Å²) >= 11 is 0. The van der Waals surface area contributed by atoms with E-state index in [0.717, 1.165) is 12.1 Å². The van der Waals surface area contributed by atoms with Crippen molar-refractivity contribution in [1.29, 1.82) is 0 Å². The van der Waals surface area contributed by atoms with Crippen LogP contribution in [-0.2, 0) is 5.41 Å². The highest BCUT2D eigenvalue weighted by atomic mass is 15.0. The van der Waals surface area contributed by atoms with E-state index in [9.17, 15) is 0 Å². The number of hydrogen-bond donors (Lipinski definition) is 0. The Bertz CT molecular complexity index is 4030. The molecule has 2 aliphatic carbocycles. The number of nitrogens with zero attached hydrogens (tertiary/aromatic N) is 1. The molecule has 0 N–H and O–H groups in total. The molecule has 0 aliphatic heterocycles. The molecule has 0 unspecified atom stereocenters. The second kappa shape index (κ2) is 15.7. The van der Waals surface area contributed by atoms with Gasteiger partial charge in [-0.25, -0.2) is 0 Å². The summed E-state index contributed by atoms with van der Waals surface area (Å²) in [6, 6.07) is 90.0. The van der Waals surface area contributed by atoms with E-state index in [1.807, 2.05) is 0 Å². The summed E-state index contributed by atoms with van der Waals surface area (Å²) in [6.45, 7) is 0. The molecule has 0 fully saturated rings. The fraction of sp³-hybridized carbons (Fsp3) is 0.0294. The molecule has 1 aromatic heterocycles. The molecule has 14 rings (SSSR count). The zero-order chi connectivity index (χ0) is 45.5. The summed E-state index contributed by atoms with van der Waals surface area (Å²) in [4.78, 5) is 0. The van der Waals surface area contributed by atoms with Crippen LogP contribution >= 0.6 is 0 Å². The standard InChI is InChI=1S/C68H45N/c1-4-20-46(21-5-1)66-57-29-12-14-31-59(57)67(60-32-15-13-30-58(60)66)47-35-39-54-55-40-38-51(44-63(55)68(62(54)41-36-47,49-23-6-2-7-24-49)50-25-8-3-9-26-50)69-64-34-17-16-28-56(64)61-43-48(37-42-65(61)69)53-33-18-22-45-19-10-11-27-52(45)53/h1-35,37-44H,36H2. The summed E-state index contributed by atoms with van der Waals surface area (Å²) in [5.41, 5.74) is 18.3. The third-order valence-corrected chi connectivity index (χ3v) is 15.1. The number of benzene rings is 11. The van der Waals surface area contributed by atoms with Crippen LogP contribution in [0.15, 0.2) is 266 Å². The molecular weight excluding hydrogens is 831 g/mol. The summed E-state index contributed by atoms with van der Waals surface area (Å²) in [7, 11) is 0. The molecule has 0 radical (unpaired) electrons. The van der Waals surface area contributed by atoms with Gasteiger partial charge in [-0.3, -0.25) is 0 Å². The third-order valence-electron chi connectivity index (χ3n) is 15.1. The molecule has 0 atom stereocenters. The Morgan fingerprint density at radius 1 is 0.362 bits per heavy atom. The van der Waals surface area contributed by atoms with Crippen molar-refractivity contribution in [2.24, 2.45) is 0 Å². The number of fused-ring (bicyclic) bond motifs is 9. The van der Waals surface area contributed by atoms with E-state index in [0.29, 0.717) is 0 Å². The van der Waals surface area contributed by atoms with Gasteiger partial charge >= 0.3 is 0 Å². The number of aromatic nitrogens is 1. The fourth-order valence-corrected chi connectivity index (χ4v) is 12.3. The van der Waals surface area contributed by atoms with E-state index in [2.05, 4.69) is 265 Å². The van der Waals surface area contributed by atoms with Crippen LogP contribution in [0, 0.1) is 0 Å². The Balaban J connectivity index is 1.00. The predicted octanol–water partition coefficient (Wildman–Crippen LogP) is 17.7. The number of rotatable bonds is 6. The van der Waals surface area contributed by atoms with E-state index in [4.69, 9.17) is 0 Å². The van der Waals surface area contributed by atoms with Gasteiger partial charge in [0.2, 0.25) is 0 Å². The molecule has 12 aromatic rings. The van der Waals surface area contributed by atoms with Gasteiger partial charge in [-0.15, -0.1) is 0 Å². The molecule has 0 saturated heterocycles. The second-order valence-electron chi connectivity index (χ2n) is 18.6. The number of hydrogen-bond acceptors (Lipinski definition) is 0. The van der Waals surface area contributed by atoms with Crippen LogP contribution in [-0.4, -0.2) is 4.57 Å². The Labute approximate surface area is 401 Å². The minimum absolute atomic E-state index is 0.579. The zero-order valence-electron chi connectivity index (χ0n) is 38.0. The Kier molecular flexibility index (Phi) is 8.94. The lowest BCUT2D eigenvalue weighted by molar-refractivity contribution is 0.765. The maximum atomic E-state index is 2.56. The number of allylic oxidation sites excluding steroid dienone is 6. The van der Waals surface area contributed by atoms with Crippen LogP contribution in [0.4, 0.5) is 0 Å². The van der Waals surface area contributed by atoms with Gasteiger partial charge in [0, 0.05) is 16.5 Å². The van der Waals surface area contributed by atoms with Gasteiger partial charge in [0.15, 0.2) is 0 Å². The highest BCUT2D eigenvalue weighted by molar-refractivity contribution is 6.19. The van der Waals surface area contributed by atoms with E-state index in [1.54, 1.807) is 0 Å². The molecule has 0 spiro atoms. The largest absolute Gasteiger partial charge is 0.309 e. The Morgan fingerprint density at radius 2 is 0.928 bits per heavy atom. The third kappa shape index (κ3) is 5.90. The lowest BCUT2D eigenvalue weighted by Gasteiger charge is -2.34. The van der Waals surface area contributed by atoms with Crippen LogP contribution in [0.5, 0.6) is 0 Å². The molecule has 1 heterocycles. The van der Waals surface area contributed by atoms with Gasteiger partial charge in [-0.1, -0.05) is 231 Å². The van der Waals surface area contributed by atoms with Crippen molar-refractivity contribution in [3.8, 4) is 27.9 Å². The average Bonchev–Trinajstić information content (AvgIpc) is 3.79. The Hall–Kier alpha value is -8.78. The van der Waals surface area contributed by atoms with Gasteiger partial charge < -0.3 is 4.57 Å². The Morgan fingerprint density at radius 3 is 1.62 bits per heavy atom. The second-order valence-corrected chi connectivity index (χ2v) is 18.6. The smallest absolute Gasteiger partial charge is 0.0711 e. The van der Waals surface area contributed by atoms with Crippen molar-refractivity contribution < 1.29 is 0 Å². The highest BCUT2D eigenvalue weighted by Gasteiger charge is 2.48. The van der Waals surface area contributed by atoms with E-state index >= 15 is 0 Å². The molecule has 69 heavy (non-hydrogen) atoms. The zero-order valence-corrected chi connectivity index (χ0v) is 38.0. The maximum Gasteiger partial charge on any atom is 0.0711 e. The maximum absolute atomic E-state index is 2.56. The minimum Gasteiger partial charge on any atom is -0.309 e. The van der Waals surface area contributed by atoms with Crippen molar-refractivity contribution in [2.45, 2.75) is 11.8 Å². The van der Waals surface area contributed by atoms with Crippen molar-refractivity contribution in [3.05, 3.63) is 294 Å².